The standard InChI is InChI=1S/C16H24N8O3/c1-22(2)15-18-12(19-16(20-15)24-5-7-27-8-6-24)9-17-13(25)11-10-23(3)21-14(11)26-4/h10H,5-9H2,1-4H3,(H,17,25). The Morgan fingerprint density at radius 3 is 2.70 bits per heavy atom. The molecule has 0 saturated carbocycles. The fourth-order valence-electron chi connectivity index (χ4n) is 2.61. The van der Waals surface area contributed by atoms with Crippen molar-refractivity contribution >= 4 is 17.8 Å². The van der Waals surface area contributed by atoms with Crippen molar-refractivity contribution in [1.82, 2.24) is 30.0 Å². The number of methoxy groups -OCH3 is 1. The van der Waals surface area contributed by atoms with Crippen LogP contribution in [0.25, 0.3) is 0 Å². The zero-order valence-electron chi connectivity index (χ0n) is 16.0. The topological polar surface area (TPSA) is 111 Å². The number of carbonyl (C=O) groups is 1. The van der Waals surface area contributed by atoms with Gasteiger partial charge in [-0.25, -0.2) is 0 Å². The maximum Gasteiger partial charge on any atom is 0.258 e. The van der Waals surface area contributed by atoms with Gasteiger partial charge in [-0.1, -0.05) is 0 Å². The highest BCUT2D eigenvalue weighted by Crippen LogP contribution is 2.16. The van der Waals surface area contributed by atoms with Crippen molar-refractivity contribution in [3.63, 3.8) is 0 Å². The third kappa shape index (κ3) is 4.42. The minimum absolute atomic E-state index is 0.164. The zero-order chi connectivity index (χ0) is 19.4. The van der Waals surface area contributed by atoms with Gasteiger partial charge >= 0.3 is 0 Å². The maximum absolute atomic E-state index is 12.5. The van der Waals surface area contributed by atoms with Crippen molar-refractivity contribution in [3.05, 3.63) is 17.6 Å². The lowest BCUT2D eigenvalue weighted by Crippen LogP contribution is -2.38. The summed E-state index contributed by atoms with van der Waals surface area (Å²) >= 11 is 0. The summed E-state index contributed by atoms with van der Waals surface area (Å²) in [6.07, 6.45) is 1.60. The van der Waals surface area contributed by atoms with E-state index in [1.165, 1.54) is 11.8 Å². The highest BCUT2D eigenvalue weighted by atomic mass is 16.5. The molecule has 0 radical (unpaired) electrons. The molecule has 3 rings (SSSR count). The number of anilines is 2. The van der Waals surface area contributed by atoms with Gasteiger partial charge in [0.25, 0.3) is 5.91 Å². The number of nitrogens with zero attached hydrogens (tertiary/aromatic N) is 7. The third-order valence-electron chi connectivity index (χ3n) is 3.99. The van der Waals surface area contributed by atoms with Crippen molar-refractivity contribution in [2.75, 3.05) is 57.3 Å². The molecule has 3 heterocycles. The van der Waals surface area contributed by atoms with E-state index in [0.717, 1.165) is 13.1 Å². The number of rotatable bonds is 6. The Hall–Kier alpha value is -2.95. The van der Waals surface area contributed by atoms with Gasteiger partial charge in [0.2, 0.25) is 17.8 Å². The van der Waals surface area contributed by atoms with Gasteiger partial charge in [-0.3, -0.25) is 9.48 Å². The second-order valence-electron chi connectivity index (χ2n) is 6.25. The third-order valence-corrected chi connectivity index (χ3v) is 3.99. The highest BCUT2D eigenvalue weighted by Gasteiger charge is 2.19. The lowest BCUT2D eigenvalue weighted by atomic mass is 10.3. The number of aromatic nitrogens is 5. The largest absolute Gasteiger partial charge is 0.479 e. The predicted molar refractivity (Wildman–Crippen MR) is 98.1 cm³/mol. The zero-order valence-corrected chi connectivity index (χ0v) is 16.0. The van der Waals surface area contributed by atoms with Crippen LogP contribution in [0.2, 0.25) is 0 Å². The summed E-state index contributed by atoms with van der Waals surface area (Å²) in [6, 6.07) is 0. The first-order valence-electron chi connectivity index (χ1n) is 8.58. The molecule has 1 N–H and O–H groups in total. The summed E-state index contributed by atoms with van der Waals surface area (Å²) < 4.78 is 12.0. The van der Waals surface area contributed by atoms with Gasteiger partial charge in [-0.15, -0.1) is 5.10 Å². The van der Waals surface area contributed by atoms with Gasteiger partial charge in [-0.05, 0) is 0 Å². The van der Waals surface area contributed by atoms with E-state index in [1.54, 1.807) is 18.1 Å². The minimum Gasteiger partial charge on any atom is -0.479 e. The van der Waals surface area contributed by atoms with Crippen LogP contribution in [0, 0.1) is 0 Å². The molecule has 0 atom stereocenters. The summed E-state index contributed by atoms with van der Waals surface area (Å²) in [5.74, 6) is 1.56. The molecule has 0 unspecified atom stereocenters. The molecule has 146 valence electrons. The SMILES string of the molecule is COc1nn(C)cc1C(=O)NCc1nc(N(C)C)nc(N2CCOCC2)n1. The van der Waals surface area contributed by atoms with Gasteiger partial charge in [0, 0.05) is 40.4 Å². The molecular formula is C16H24N8O3. The Labute approximate surface area is 157 Å². The van der Waals surface area contributed by atoms with E-state index in [9.17, 15) is 4.79 Å². The molecule has 1 saturated heterocycles. The average Bonchev–Trinajstić information content (AvgIpc) is 3.07. The van der Waals surface area contributed by atoms with Crippen LogP contribution < -0.4 is 19.9 Å². The number of hydrogen-bond donors (Lipinski definition) is 1. The maximum atomic E-state index is 12.5. The molecule has 11 heteroatoms. The van der Waals surface area contributed by atoms with Crippen LogP contribution in [-0.2, 0) is 18.3 Å². The Morgan fingerprint density at radius 1 is 1.30 bits per heavy atom. The summed E-state index contributed by atoms with van der Waals surface area (Å²) in [5, 5.41) is 6.90. The smallest absolute Gasteiger partial charge is 0.258 e. The Kier molecular flexibility index (Phi) is 5.69. The molecular weight excluding hydrogens is 352 g/mol. The van der Waals surface area contributed by atoms with E-state index in [4.69, 9.17) is 9.47 Å². The minimum atomic E-state index is -0.306. The summed E-state index contributed by atoms with van der Waals surface area (Å²) in [7, 11) is 6.93. The first-order valence-corrected chi connectivity index (χ1v) is 8.58. The van der Waals surface area contributed by atoms with E-state index < -0.39 is 0 Å². The fraction of sp³-hybridized carbons (Fsp3) is 0.562. The number of ether oxygens (including phenoxy) is 2. The van der Waals surface area contributed by atoms with Gasteiger partial charge < -0.3 is 24.6 Å². The van der Waals surface area contributed by atoms with E-state index in [2.05, 4.69) is 25.4 Å². The Bertz CT molecular complexity index is 801. The molecule has 2 aromatic rings. The molecule has 1 aliphatic rings. The fourth-order valence-corrected chi connectivity index (χ4v) is 2.61. The second kappa shape index (κ2) is 8.16. The normalized spacial score (nSPS) is 14.1. The lowest BCUT2D eigenvalue weighted by Gasteiger charge is -2.27. The van der Waals surface area contributed by atoms with E-state index in [1.807, 2.05) is 19.0 Å². The van der Waals surface area contributed by atoms with Crippen LogP contribution >= 0.6 is 0 Å². The number of nitrogens with one attached hydrogen (secondary N) is 1. The van der Waals surface area contributed by atoms with Crippen molar-refractivity contribution in [1.29, 1.82) is 0 Å². The number of hydrogen-bond acceptors (Lipinski definition) is 9. The van der Waals surface area contributed by atoms with E-state index in [-0.39, 0.29) is 18.3 Å². The van der Waals surface area contributed by atoms with Crippen molar-refractivity contribution < 1.29 is 14.3 Å². The molecule has 2 aromatic heterocycles. The molecule has 1 amide bonds. The first-order chi connectivity index (χ1) is 13.0. The molecule has 0 aromatic carbocycles. The molecule has 27 heavy (non-hydrogen) atoms. The number of amides is 1. The summed E-state index contributed by atoms with van der Waals surface area (Å²) in [5.41, 5.74) is 0.357. The molecule has 1 fully saturated rings. The van der Waals surface area contributed by atoms with Crippen LogP contribution in [-0.4, -0.2) is 78.1 Å². The Balaban J connectivity index is 1.77. The van der Waals surface area contributed by atoms with Gasteiger partial charge in [0.1, 0.15) is 5.56 Å². The van der Waals surface area contributed by atoms with E-state index in [0.29, 0.717) is 36.5 Å². The molecule has 1 aliphatic heterocycles. The Morgan fingerprint density at radius 2 is 2.04 bits per heavy atom. The van der Waals surface area contributed by atoms with Gasteiger partial charge in [-0.2, -0.15) is 15.0 Å². The number of morpholine rings is 1. The lowest BCUT2D eigenvalue weighted by molar-refractivity contribution is 0.0946. The van der Waals surface area contributed by atoms with Crippen LogP contribution in [0.15, 0.2) is 6.20 Å². The van der Waals surface area contributed by atoms with E-state index >= 15 is 0 Å². The molecule has 0 spiro atoms. The second-order valence-corrected chi connectivity index (χ2v) is 6.25. The number of aryl methyl sites for hydroxylation is 1. The van der Waals surface area contributed by atoms with Crippen molar-refractivity contribution in [2.45, 2.75) is 6.54 Å². The average molecular weight is 376 g/mol. The first kappa shape index (κ1) is 18.8. The summed E-state index contributed by atoms with van der Waals surface area (Å²) in [6.45, 7) is 2.87. The van der Waals surface area contributed by atoms with Crippen LogP contribution in [0.3, 0.4) is 0 Å². The van der Waals surface area contributed by atoms with Crippen LogP contribution in [0.1, 0.15) is 16.2 Å². The quantitative estimate of drug-likeness (QED) is 0.709. The van der Waals surface area contributed by atoms with Gasteiger partial charge in [0.15, 0.2) is 5.82 Å². The molecule has 11 nitrogen and oxygen atoms in total. The van der Waals surface area contributed by atoms with Gasteiger partial charge in [0.05, 0.1) is 26.9 Å². The predicted octanol–water partition coefficient (Wildman–Crippen LogP) is -0.554. The molecule has 0 aliphatic carbocycles. The van der Waals surface area contributed by atoms with Crippen molar-refractivity contribution in [3.8, 4) is 5.88 Å². The molecule has 0 bridgehead atoms. The highest BCUT2D eigenvalue weighted by molar-refractivity contribution is 5.96. The monoisotopic (exact) mass is 376 g/mol. The number of carbonyl (C=O) groups excluding carboxylic acids is 1. The van der Waals surface area contributed by atoms with Crippen LogP contribution in [0.4, 0.5) is 11.9 Å². The summed E-state index contributed by atoms with van der Waals surface area (Å²) in [4.78, 5) is 29.7. The van der Waals surface area contributed by atoms with Crippen molar-refractivity contribution in [2.24, 2.45) is 7.05 Å². The van der Waals surface area contributed by atoms with Crippen LogP contribution in [0.5, 0.6) is 5.88 Å².